The molecule has 2 N–H and O–H groups in total. The summed E-state index contributed by atoms with van der Waals surface area (Å²) < 4.78 is 2.21. The average Bonchev–Trinajstić information content (AvgIpc) is 2.72. The van der Waals surface area contributed by atoms with Crippen LogP contribution in [0.15, 0.2) is 30.5 Å². The van der Waals surface area contributed by atoms with Crippen molar-refractivity contribution in [1.82, 2.24) is 4.57 Å². The van der Waals surface area contributed by atoms with Gasteiger partial charge in [-0.1, -0.05) is 24.6 Å². The van der Waals surface area contributed by atoms with Gasteiger partial charge in [-0.3, -0.25) is 0 Å². The van der Waals surface area contributed by atoms with Gasteiger partial charge in [0.05, 0.1) is 5.69 Å². The van der Waals surface area contributed by atoms with Crippen LogP contribution in [0.2, 0.25) is 0 Å². The highest BCUT2D eigenvalue weighted by atomic mass is 15.1. The number of aromatic nitrogens is 1. The SMILES string of the molecule is CN(CC1(CN)CCC1)c1cn(C)c2ccccc12. The van der Waals surface area contributed by atoms with E-state index in [0.717, 1.165) is 13.1 Å². The van der Waals surface area contributed by atoms with Crippen LogP contribution in [0.5, 0.6) is 0 Å². The molecule has 19 heavy (non-hydrogen) atoms. The fourth-order valence-corrected chi connectivity index (χ4v) is 3.32. The largest absolute Gasteiger partial charge is 0.372 e. The number of hydrogen-bond donors (Lipinski definition) is 1. The molecular weight excluding hydrogens is 234 g/mol. The van der Waals surface area contributed by atoms with Crippen LogP contribution in [0, 0.1) is 5.41 Å². The van der Waals surface area contributed by atoms with Gasteiger partial charge in [-0.2, -0.15) is 0 Å². The van der Waals surface area contributed by atoms with Crippen LogP contribution in [0.3, 0.4) is 0 Å². The quantitative estimate of drug-likeness (QED) is 0.914. The van der Waals surface area contributed by atoms with Crippen molar-refractivity contribution in [3.8, 4) is 0 Å². The van der Waals surface area contributed by atoms with Gasteiger partial charge in [0, 0.05) is 43.2 Å². The molecule has 1 aliphatic carbocycles. The summed E-state index contributed by atoms with van der Waals surface area (Å²) in [6.45, 7) is 1.87. The standard InChI is InChI=1S/C16H23N3/c1-18-10-15(13-6-3-4-7-14(13)18)19(2)12-16(11-17)8-5-9-16/h3-4,6-7,10H,5,8-9,11-12,17H2,1-2H3. The summed E-state index contributed by atoms with van der Waals surface area (Å²) in [4.78, 5) is 2.38. The molecule has 0 amide bonds. The zero-order valence-corrected chi connectivity index (χ0v) is 11.9. The Morgan fingerprint density at radius 2 is 2.05 bits per heavy atom. The van der Waals surface area contributed by atoms with Crippen molar-refractivity contribution in [2.24, 2.45) is 18.2 Å². The number of rotatable bonds is 4. The van der Waals surface area contributed by atoms with Gasteiger partial charge in [-0.05, 0) is 25.5 Å². The lowest BCUT2D eigenvalue weighted by Crippen LogP contribution is -2.46. The molecule has 1 aromatic heterocycles. The zero-order chi connectivity index (χ0) is 13.5. The van der Waals surface area contributed by atoms with Crippen molar-refractivity contribution in [3.05, 3.63) is 30.5 Å². The highest BCUT2D eigenvalue weighted by molar-refractivity contribution is 5.93. The van der Waals surface area contributed by atoms with Crippen molar-refractivity contribution in [2.45, 2.75) is 19.3 Å². The van der Waals surface area contributed by atoms with Crippen molar-refractivity contribution in [1.29, 1.82) is 0 Å². The smallest absolute Gasteiger partial charge is 0.0623 e. The summed E-state index contributed by atoms with van der Waals surface area (Å²) in [5.41, 5.74) is 8.94. The maximum atomic E-state index is 5.98. The molecule has 1 heterocycles. The fourth-order valence-electron chi connectivity index (χ4n) is 3.32. The van der Waals surface area contributed by atoms with Crippen LogP contribution in [-0.2, 0) is 7.05 Å². The first-order chi connectivity index (χ1) is 9.15. The van der Waals surface area contributed by atoms with E-state index in [4.69, 9.17) is 5.73 Å². The first kappa shape index (κ1) is 12.5. The minimum Gasteiger partial charge on any atom is -0.372 e. The molecule has 0 radical (unpaired) electrons. The number of hydrogen-bond acceptors (Lipinski definition) is 2. The van der Waals surface area contributed by atoms with Gasteiger partial charge >= 0.3 is 0 Å². The minimum absolute atomic E-state index is 0.353. The van der Waals surface area contributed by atoms with E-state index < -0.39 is 0 Å². The molecule has 3 rings (SSSR count). The highest BCUT2D eigenvalue weighted by Crippen LogP contribution is 2.41. The van der Waals surface area contributed by atoms with E-state index in [9.17, 15) is 0 Å². The Hall–Kier alpha value is -1.48. The average molecular weight is 257 g/mol. The third kappa shape index (κ3) is 2.02. The van der Waals surface area contributed by atoms with Crippen LogP contribution < -0.4 is 10.6 Å². The van der Waals surface area contributed by atoms with Crippen LogP contribution in [0.4, 0.5) is 5.69 Å². The van der Waals surface area contributed by atoms with Crippen molar-refractivity contribution in [2.75, 3.05) is 25.0 Å². The van der Waals surface area contributed by atoms with Gasteiger partial charge in [0.15, 0.2) is 0 Å². The predicted octanol–water partition coefficient (Wildman–Crippen LogP) is 2.74. The van der Waals surface area contributed by atoms with E-state index in [1.54, 1.807) is 0 Å². The zero-order valence-electron chi connectivity index (χ0n) is 11.9. The molecule has 0 unspecified atom stereocenters. The van der Waals surface area contributed by atoms with Gasteiger partial charge in [0.1, 0.15) is 0 Å². The van der Waals surface area contributed by atoms with Gasteiger partial charge in [0.2, 0.25) is 0 Å². The second-order valence-corrected chi connectivity index (χ2v) is 6.06. The molecule has 2 aromatic rings. The van der Waals surface area contributed by atoms with Gasteiger partial charge in [-0.15, -0.1) is 0 Å². The van der Waals surface area contributed by atoms with Crippen molar-refractivity contribution < 1.29 is 0 Å². The highest BCUT2D eigenvalue weighted by Gasteiger charge is 2.36. The second-order valence-electron chi connectivity index (χ2n) is 6.06. The number of nitrogens with zero attached hydrogens (tertiary/aromatic N) is 2. The molecule has 0 atom stereocenters. The summed E-state index contributed by atoms with van der Waals surface area (Å²) in [5, 5.41) is 1.33. The summed E-state index contributed by atoms with van der Waals surface area (Å²) in [5.74, 6) is 0. The maximum Gasteiger partial charge on any atom is 0.0623 e. The molecule has 3 nitrogen and oxygen atoms in total. The number of aryl methyl sites for hydroxylation is 1. The van der Waals surface area contributed by atoms with Crippen LogP contribution in [0.1, 0.15) is 19.3 Å². The molecule has 0 spiro atoms. The Bertz CT molecular complexity index is 575. The first-order valence-electron chi connectivity index (χ1n) is 7.10. The van der Waals surface area contributed by atoms with Crippen LogP contribution in [-0.4, -0.2) is 24.7 Å². The van der Waals surface area contributed by atoms with Gasteiger partial charge in [-0.25, -0.2) is 0 Å². The Balaban J connectivity index is 1.91. The molecule has 3 heteroatoms. The molecule has 1 aliphatic rings. The minimum atomic E-state index is 0.353. The summed E-state index contributed by atoms with van der Waals surface area (Å²) in [6, 6.07) is 8.59. The number of anilines is 1. The Labute approximate surface area is 115 Å². The second kappa shape index (κ2) is 4.57. The van der Waals surface area contributed by atoms with E-state index in [1.165, 1.54) is 35.9 Å². The third-order valence-electron chi connectivity index (χ3n) is 4.71. The Kier molecular flexibility index (Phi) is 3.02. The van der Waals surface area contributed by atoms with E-state index in [1.807, 2.05) is 0 Å². The predicted molar refractivity (Wildman–Crippen MR) is 81.5 cm³/mol. The lowest BCUT2D eigenvalue weighted by molar-refractivity contribution is 0.154. The van der Waals surface area contributed by atoms with Crippen molar-refractivity contribution >= 4 is 16.6 Å². The lowest BCUT2D eigenvalue weighted by atomic mass is 9.68. The number of fused-ring (bicyclic) bond motifs is 1. The fraction of sp³-hybridized carbons (Fsp3) is 0.500. The van der Waals surface area contributed by atoms with Crippen LogP contribution in [0.25, 0.3) is 10.9 Å². The third-order valence-corrected chi connectivity index (χ3v) is 4.71. The Morgan fingerprint density at radius 1 is 1.32 bits per heavy atom. The number of benzene rings is 1. The van der Waals surface area contributed by atoms with Gasteiger partial charge < -0.3 is 15.2 Å². The molecule has 0 saturated heterocycles. The van der Waals surface area contributed by atoms with E-state index in [2.05, 4.69) is 54.0 Å². The van der Waals surface area contributed by atoms with Crippen LogP contribution >= 0.6 is 0 Å². The van der Waals surface area contributed by atoms with E-state index >= 15 is 0 Å². The summed E-state index contributed by atoms with van der Waals surface area (Å²) in [7, 11) is 4.30. The van der Waals surface area contributed by atoms with E-state index in [0.29, 0.717) is 5.41 Å². The molecule has 102 valence electrons. The van der Waals surface area contributed by atoms with Gasteiger partial charge in [0.25, 0.3) is 0 Å². The molecule has 1 fully saturated rings. The van der Waals surface area contributed by atoms with E-state index in [-0.39, 0.29) is 0 Å². The normalized spacial score (nSPS) is 17.4. The molecule has 0 bridgehead atoms. The lowest BCUT2D eigenvalue weighted by Gasteiger charge is -2.44. The summed E-state index contributed by atoms with van der Waals surface area (Å²) in [6.07, 6.45) is 6.12. The Morgan fingerprint density at radius 3 is 2.68 bits per heavy atom. The summed E-state index contributed by atoms with van der Waals surface area (Å²) >= 11 is 0. The topological polar surface area (TPSA) is 34.2 Å². The first-order valence-corrected chi connectivity index (χ1v) is 7.10. The molecule has 1 saturated carbocycles. The molecule has 0 aliphatic heterocycles. The molecule has 1 aromatic carbocycles. The van der Waals surface area contributed by atoms with Crippen molar-refractivity contribution in [3.63, 3.8) is 0 Å². The molecular formula is C16H23N3. The number of para-hydroxylation sites is 1. The monoisotopic (exact) mass is 257 g/mol. The maximum absolute atomic E-state index is 5.98. The number of nitrogens with two attached hydrogens (primary N) is 1.